The molecule has 0 aliphatic carbocycles. The van der Waals surface area contributed by atoms with Crippen LogP contribution in [0, 0.1) is 5.92 Å². The number of amides is 1. The van der Waals surface area contributed by atoms with Crippen molar-refractivity contribution in [3.05, 3.63) is 90.0 Å². The zero-order chi connectivity index (χ0) is 27.9. The van der Waals surface area contributed by atoms with Crippen molar-refractivity contribution < 1.29 is 23.7 Å². The van der Waals surface area contributed by atoms with Crippen molar-refractivity contribution in [2.45, 2.75) is 50.9 Å². The molecular formula is C34H40N2O5. The first-order chi connectivity index (χ1) is 20.2. The van der Waals surface area contributed by atoms with Crippen LogP contribution in [-0.4, -0.2) is 67.4 Å². The summed E-state index contributed by atoms with van der Waals surface area (Å²) in [5.41, 5.74) is 2.34. The first-order valence-electron chi connectivity index (χ1n) is 15.0. The first kappa shape index (κ1) is 27.5. The summed E-state index contributed by atoms with van der Waals surface area (Å²) in [4.78, 5) is 16.9. The van der Waals surface area contributed by atoms with Gasteiger partial charge in [0.1, 0.15) is 31.7 Å². The van der Waals surface area contributed by atoms with Gasteiger partial charge in [0.25, 0.3) is 0 Å². The van der Waals surface area contributed by atoms with Gasteiger partial charge in [0.15, 0.2) is 11.5 Å². The highest BCUT2D eigenvalue weighted by Crippen LogP contribution is 2.32. The van der Waals surface area contributed by atoms with E-state index in [2.05, 4.69) is 29.2 Å². The quantitative estimate of drug-likeness (QED) is 0.290. The summed E-state index contributed by atoms with van der Waals surface area (Å²) in [7, 11) is 0. The molecule has 2 saturated heterocycles. The van der Waals surface area contributed by atoms with E-state index in [4.69, 9.17) is 18.9 Å². The van der Waals surface area contributed by atoms with Crippen LogP contribution in [-0.2, 0) is 17.8 Å². The maximum atomic E-state index is 12.5. The lowest BCUT2D eigenvalue weighted by atomic mass is 9.92. The number of hydrogen-bond donors (Lipinski definition) is 0. The Hall–Kier alpha value is -3.71. The van der Waals surface area contributed by atoms with Crippen LogP contribution in [0.1, 0.15) is 36.8 Å². The molecule has 7 heteroatoms. The molecule has 2 fully saturated rings. The van der Waals surface area contributed by atoms with E-state index >= 15 is 0 Å². The van der Waals surface area contributed by atoms with E-state index < -0.39 is 0 Å². The Morgan fingerprint density at radius 3 is 2.37 bits per heavy atom. The van der Waals surface area contributed by atoms with Gasteiger partial charge >= 0.3 is 6.09 Å². The lowest BCUT2D eigenvalue weighted by Crippen LogP contribution is -2.44. The highest BCUT2D eigenvalue weighted by molar-refractivity contribution is 5.70. The fraction of sp³-hybridized carbons (Fsp3) is 0.441. The number of carbonyl (C=O) groups is 1. The Labute approximate surface area is 243 Å². The molecule has 0 radical (unpaired) electrons. The van der Waals surface area contributed by atoms with Crippen LogP contribution >= 0.6 is 0 Å². The van der Waals surface area contributed by atoms with E-state index in [-0.39, 0.29) is 18.2 Å². The third-order valence-electron chi connectivity index (χ3n) is 8.47. The van der Waals surface area contributed by atoms with Gasteiger partial charge in [0.05, 0.1) is 6.04 Å². The summed E-state index contributed by atoms with van der Waals surface area (Å²) in [5, 5.41) is 0. The number of fused-ring (bicyclic) bond motifs is 1. The molecule has 6 rings (SSSR count). The minimum Gasteiger partial charge on any atom is -0.489 e. The molecule has 3 aromatic rings. The Morgan fingerprint density at radius 2 is 1.56 bits per heavy atom. The summed E-state index contributed by atoms with van der Waals surface area (Å²) in [6.45, 7) is 5.46. The minimum absolute atomic E-state index is 0.0811. The molecule has 3 aliphatic rings. The van der Waals surface area contributed by atoms with E-state index in [1.165, 1.54) is 18.4 Å². The second-order valence-electron chi connectivity index (χ2n) is 11.4. The number of piperidine rings is 1. The average molecular weight is 557 g/mol. The van der Waals surface area contributed by atoms with Gasteiger partial charge in [-0.1, -0.05) is 54.6 Å². The van der Waals surface area contributed by atoms with E-state index in [1.807, 2.05) is 59.5 Å². The predicted octanol–water partition coefficient (Wildman–Crippen LogP) is 5.96. The fourth-order valence-electron chi connectivity index (χ4n) is 6.12. The lowest BCUT2D eigenvalue weighted by Gasteiger charge is -2.35. The SMILES string of the molecule is O=C1OC[C@H](Cc2ccc(OCc3ccccc3)cc2)N1CCCC1CCN(C[C@H]2COc3ccccc3O2)CC1. The van der Waals surface area contributed by atoms with E-state index in [0.717, 1.165) is 68.3 Å². The molecule has 216 valence electrons. The van der Waals surface area contributed by atoms with Crippen molar-refractivity contribution in [1.29, 1.82) is 0 Å². The number of nitrogens with zero attached hydrogens (tertiary/aromatic N) is 2. The predicted molar refractivity (Wildman–Crippen MR) is 158 cm³/mol. The number of benzene rings is 3. The number of rotatable bonds is 11. The molecule has 0 unspecified atom stereocenters. The molecule has 0 spiro atoms. The minimum atomic E-state index is -0.177. The van der Waals surface area contributed by atoms with E-state index in [9.17, 15) is 4.79 Å². The standard InChI is InChI=1S/C34H40N2O5/c37-34-36(29(24-40-34)21-27-12-14-30(15-13-27)38-23-28-7-2-1-3-8-28)18-6-9-26-16-19-35(20-17-26)22-31-25-39-32-10-4-5-11-33(32)41-31/h1-5,7-8,10-15,26,29,31H,6,9,16-25H2/t29-,31-/m0/s1. The van der Waals surface area contributed by atoms with Gasteiger partial charge in [-0.3, -0.25) is 4.90 Å². The highest BCUT2D eigenvalue weighted by atomic mass is 16.6. The number of likely N-dealkylation sites (tertiary alicyclic amines) is 1. The Bertz CT molecular complexity index is 1260. The summed E-state index contributed by atoms with van der Waals surface area (Å²) < 4.78 is 23.4. The summed E-state index contributed by atoms with van der Waals surface area (Å²) in [6.07, 6.45) is 5.24. The third kappa shape index (κ3) is 7.33. The van der Waals surface area contributed by atoms with Crippen LogP contribution in [0.25, 0.3) is 0 Å². The monoisotopic (exact) mass is 556 g/mol. The maximum Gasteiger partial charge on any atom is 0.410 e. The number of cyclic esters (lactones) is 1. The van der Waals surface area contributed by atoms with E-state index in [1.54, 1.807) is 0 Å². The Kier molecular flexibility index (Phi) is 8.91. The smallest absolute Gasteiger partial charge is 0.410 e. The van der Waals surface area contributed by atoms with Crippen molar-refractivity contribution in [2.24, 2.45) is 5.92 Å². The van der Waals surface area contributed by atoms with Crippen molar-refractivity contribution in [1.82, 2.24) is 9.80 Å². The second kappa shape index (κ2) is 13.3. The van der Waals surface area contributed by atoms with Crippen LogP contribution in [0.2, 0.25) is 0 Å². The molecule has 3 heterocycles. The van der Waals surface area contributed by atoms with Crippen molar-refractivity contribution in [3.63, 3.8) is 0 Å². The van der Waals surface area contributed by atoms with Crippen molar-refractivity contribution in [2.75, 3.05) is 39.4 Å². The number of para-hydroxylation sites is 2. The largest absolute Gasteiger partial charge is 0.489 e. The van der Waals surface area contributed by atoms with Gasteiger partial charge < -0.3 is 23.8 Å². The molecule has 41 heavy (non-hydrogen) atoms. The zero-order valence-electron chi connectivity index (χ0n) is 23.7. The molecule has 0 saturated carbocycles. The van der Waals surface area contributed by atoms with Gasteiger partial charge in [-0.05, 0) is 86.5 Å². The molecule has 0 N–H and O–H groups in total. The molecule has 1 amide bonds. The Balaban J connectivity index is 0.902. The van der Waals surface area contributed by atoms with Crippen molar-refractivity contribution >= 4 is 6.09 Å². The van der Waals surface area contributed by atoms with Gasteiger partial charge in [-0.25, -0.2) is 4.79 Å². The lowest BCUT2D eigenvalue weighted by molar-refractivity contribution is 0.0469. The fourth-order valence-corrected chi connectivity index (χ4v) is 6.12. The van der Waals surface area contributed by atoms with Crippen molar-refractivity contribution in [3.8, 4) is 17.2 Å². The van der Waals surface area contributed by atoms with Crippen LogP contribution < -0.4 is 14.2 Å². The third-order valence-corrected chi connectivity index (χ3v) is 8.47. The zero-order valence-corrected chi connectivity index (χ0v) is 23.7. The number of ether oxygens (including phenoxy) is 4. The van der Waals surface area contributed by atoms with Gasteiger partial charge in [0.2, 0.25) is 0 Å². The Morgan fingerprint density at radius 1 is 0.805 bits per heavy atom. The normalized spacial score (nSPS) is 21.1. The molecule has 7 nitrogen and oxygen atoms in total. The molecule has 0 bridgehead atoms. The maximum absolute atomic E-state index is 12.5. The summed E-state index contributed by atoms with van der Waals surface area (Å²) >= 11 is 0. The number of carbonyl (C=O) groups excluding carboxylic acids is 1. The van der Waals surface area contributed by atoms with E-state index in [0.29, 0.717) is 25.7 Å². The number of hydrogen-bond acceptors (Lipinski definition) is 6. The molecule has 3 aliphatic heterocycles. The van der Waals surface area contributed by atoms with Crippen LogP contribution in [0.5, 0.6) is 17.2 Å². The summed E-state index contributed by atoms with van der Waals surface area (Å²) in [6, 6.07) is 26.4. The van der Waals surface area contributed by atoms with Gasteiger partial charge in [0, 0.05) is 13.1 Å². The van der Waals surface area contributed by atoms with Crippen LogP contribution in [0.3, 0.4) is 0 Å². The van der Waals surface area contributed by atoms with Gasteiger partial charge in [-0.15, -0.1) is 0 Å². The summed E-state index contributed by atoms with van der Waals surface area (Å²) in [5.74, 6) is 3.25. The highest BCUT2D eigenvalue weighted by Gasteiger charge is 2.33. The van der Waals surface area contributed by atoms with Crippen LogP contribution in [0.4, 0.5) is 4.79 Å². The topological polar surface area (TPSA) is 60.5 Å². The molecule has 0 aromatic heterocycles. The van der Waals surface area contributed by atoms with Gasteiger partial charge in [-0.2, -0.15) is 0 Å². The first-order valence-corrected chi connectivity index (χ1v) is 15.0. The average Bonchev–Trinajstić information content (AvgIpc) is 3.36. The molecular weight excluding hydrogens is 516 g/mol. The molecule has 2 atom stereocenters. The molecule has 3 aromatic carbocycles. The second-order valence-corrected chi connectivity index (χ2v) is 11.4. The van der Waals surface area contributed by atoms with Crippen LogP contribution in [0.15, 0.2) is 78.9 Å².